The third-order valence-electron chi connectivity index (χ3n) is 1.61. The van der Waals surface area contributed by atoms with Crippen LogP contribution in [0.5, 0.6) is 0 Å². The van der Waals surface area contributed by atoms with E-state index in [4.69, 9.17) is 4.52 Å². The lowest BCUT2D eigenvalue weighted by atomic mass is 10.2. The van der Waals surface area contributed by atoms with Gasteiger partial charge in [0.2, 0.25) is 0 Å². The molecule has 1 aromatic heterocycles. The number of aromatic nitrogens is 1. The van der Waals surface area contributed by atoms with Crippen LogP contribution in [0, 0.1) is 12.7 Å². The van der Waals surface area contributed by atoms with E-state index >= 15 is 0 Å². The van der Waals surface area contributed by atoms with Gasteiger partial charge in [-0.15, -0.1) is 0 Å². The Morgan fingerprint density at radius 1 is 1.45 bits per heavy atom. The van der Waals surface area contributed by atoms with Crippen molar-refractivity contribution < 1.29 is 8.91 Å². The lowest BCUT2D eigenvalue weighted by molar-refractivity contribution is 0.448. The summed E-state index contributed by atoms with van der Waals surface area (Å²) in [5.74, 6) is -0.298. The van der Waals surface area contributed by atoms with Gasteiger partial charge in [-0.2, -0.15) is 0 Å². The van der Waals surface area contributed by atoms with Crippen molar-refractivity contribution in [2.45, 2.75) is 6.92 Å². The lowest BCUT2D eigenvalue weighted by Gasteiger charge is -1.86. The van der Waals surface area contributed by atoms with Crippen LogP contribution in [0.25, 0.3) is 11.0 Å². The van der Waals surface area contributed by atoms with E-state index in [-0.39, 0.29) is 5.82 Å². The fourth-order valence-electron chi connectivity index (χ4n) is 1.04. The minimum atomic E-state index is -0.298. The molecule has 1 heterocycles. The summed E-state index contributed by atoms with van der Waals surface area (Å²) >= 11 is 0. The van der Waals surface area contributed by atoms with Crippen LogP contribution >= 0.6 is 0 Å². The quantitative estimate of drug-likeness (QED) is 0.575. The first-order chi connectivity index (χ1) is 5.27. The molecule has 0 radical (unpaired) electrons. The molecule has 0 aliphatic rings. The summed E-state index contributed by atoms with van der Waals surface area (Å²) in [4.78, 5) is 0. The third-order valence-corrected chi connectivity index (χ3v) is 1.61. The average molecular weight is 150 g/mol. The maximum Gasteiger partial charge on any atom is 0.170 e. The number of halogens is 1. The van der Waals surface area contributed by atoms with Crippen LogP contribution in [0.3, 0.4) is 0 Å². The molecule has 0 N–H and O–H groups in total. The summed E-state index contributed by atoms with van der Waals surface area (Å²) in [5, 5.41) is 4.56. The van der Waals surface area contributed by atoms with Crippen LogP contribution in [0.2, 0.25) is 0 Å². The molecule has 2 rings (SSSR count). The molecule has 0 fully saturated rings. The number of aryl methyl sites for hydroxylation is 1. The topological polar surface area (TPSA) is 26.0 Å². The normalized spacial score (nSPS) is 10.7. The van der Waals surface area contributed by atoms with E-state index < -0.39 is 0 Å². The highest BCUT2D eigenvalue weighted by molar-refractivity contribution is 5.78. The number of nitrogens with zero attached hydrogens (tertiary/aromatic N) is 1. The minimum Gasteiger partial charge on any atom is -0.356 e. The van der Waals surface area contributed by atoms with Gasteiger partial charge in [0.05, 0.1) is 5.69 Å². The maximum atomic E-state index is 12.6. The van der Waals surface area contributed by atoms with Crippen molar-refractivity contribution in [1.29, 1.82) is 0 Å². The van der Waals surface area contributed by atoms with Crippen molar-refractivity contribution >= 4 is 11.0 Å². The summed E-state index contributed by atoms with van der Waals surface area (Å²) in [6.07, 6.45) is 0. The van der Waals surface area contributed by atoms with Gasteiger partial charge in [-0.05, 0) is 19.1 Å². The van der Waals surface area contributed by atoms with E-state index in [1.54, 1.807) is 6.07 Å². The number of rotatable bonds is 0. The van der Waals surface area contributed by atoms with Gasteiger partial charge in [-0.25, -0.2) is 4.39 Å². The Balaban J connectivity index is 2.86. The molecule has 0 atom stereocenters. The molecule has 2 aromatic rings. The minimum absolute atomic E-state index is 0.298. The summed E-state index contributed by atoms with van der Waals surface area (Å²) in [6, 6.07) is 4.39. The Morgan fingerprint density at radius 2 is 2.27 bits per heavy atom. The van der Waals surface area contributed by atoms with Gasteiger partial charge < -0.3 is 4.52 Å². The van der Waals surface area contributed by atoms with Crippen molar-refractivity contribution in [2.24, 2.45) is 0 Å². The second-order valence-corrected chi connectivity index (χ2v) is 2.41. The monoisotopic (exact) mass is 150 g/mol. The van der Waals surface area contributed by atoms with E-state index in [2.05, 4.69) is 5.16 Å². The number of benzene rings is 1. The van der Waals surface area contributed by atoms with Crippen molar-refractivity contribution in [3.63, 3.8) is 0 Å². The molecule has 0 spiro atoms. The Kier molecular flexibility index (Phi) is 1.18. The molecule has 0 saturated heterocycles. The van der Waals surface area contributed by atoms with Gasteiger partial charge in [-0.3, -0.25) is 0 Å². The molecule has 56 valence electrons. The van der Waals surface area contributed by atoms with Crippen molar-refractivity contribution in [2.75, 3.05) is 0 Å². The van der Waals surface area contributed by atoms with Gasteiger partial charge in [0, 0.05) is 11.5 Å². The fraction of sp³-hybridized carbons (Fsp3) is 0.125. The van der Waals surface area contributed by atoms with Crippen molar-refractivity contribution in [3.05, 3.63) is 29.7 Å². The molecule has 0 aliphatic heterocycles. The predicted octanol–water partition coefficient (Wildman–Crippen LogP) is 2.28. The molecular weight excluding hydrogens is 144 g/mol. The zero-order valence-electron chi connectivity index (χ0n) is 5.97. The van der Waals surface area contributed by atoms with Crippen LogP contribution in [0.1, 0.15) is 5.69 Å². The van der Waals surface area contributed by atoms with E-state index in [9.17, 15) is 4.39 Å². The zero-order valence-corrected chi connectivity index (χ0v) is 5.97. The van der Waals surface area contributed by atoms with Crippen LogP contribution in [-0.4, -0.2) is 5.16 Å². The highest BCUT2D eigenvalue weighted by atomic mass is 18.2. The Morgan fingerprint density at radius 3 is 3.09 bits per heavy atom. The SMILES string of the molecule is Cc1noc2cc([18F])ccc12. The number of hydrogen-bond acceptors (Lipinski definition) is 2. The van der Waals surface area contributed by atoms with Gasteiger partial charge in [0.25, 0.3) is 0 Å². The summed E-state index contributed by atoms with van der Waals surface area (Å²) < 4.78 is 17.4. The first-order valence-corrected chi connectivity index (χ1v) is 3.29. The highest BCUT2D eigenvalue weighted by Crippen LogP contribution is 2.17. The van der Waals surface area contributed by atoms with Crippen LogP contribution < -0.4 is 0 Å². The first-order valence-electron chi connectivity index (χ1n) is 3.29. The average Bonchev–Trinajstić information content (AvgIpc) is 2.32. The highest BCUT2D eigenvalue weighted by Gasteiger charge is 2.03. The zero-order chi connectivity index (χ0) is 7.84. The summed E-state index contributed by atoms with van der Waals surface area (Å²) in [6.45, 7) is 1.82. The third kappa shape index (κ3) is 0.888. The second-order valence-electron chi connectivity index (χ2n) is 2.41. The maximum absolute atomic E-state index is 12.6. The fourth-order valence-corrected chi connectivity index (χ4v) is 1.04. The van der Waals surface area contributed by atoms with Crippen LogP contribution in [0.15, 0.2) is 22.7 Å². The molecule has 0 bridgehead atoms. The van der Waals surface area contributed by atoms with E-state index in [0.29, 0.717) is 5.58 Å². The van der Waals surface area contributed by atoms with Gasteiger partial charge in [-0.1, -0.05) is 5.16 Å². The van der Waals surface area contributed by atoms with Gasteiger partial charge >= 0.3 is 0 Å². The number of fused-ring (bicyclic) bond motifs is 1. The molecule has 0 saturated carbocycles. The molecule has 0 amide bonds. The predicted molar refractivity (Wildman–Crippen MR) is 38.7 cm³/mol. The van der Waals surface area contributed by atoms with Crippen molar-refractivity contribution in [3.8, 4) is 0 Å². The van der Waals surface area contributed by atoms with Gasteiger partial charge in [0.1, 0.15) is 5.82 Å². The molecule has 3 heteroatoms. The Labute approximate surface area is 62.6 Å². The molecular formula is C8H6FNO. The molecule has 0 unspecified atom stereocenters. The second kappa shape index (κ2) is 2.05. The standard InChI is InChI=1S/C8H6FNO/c1-5-7-3-2-6(9)4-8(7)11-10-5/h2-4H,1H3/i9-1. The van der Waals surface area contributed by atoms with E-state index in [1.807, 2.05) is 6.92 Å². The molecule has 0 aliphatic carbocycles. The summed E-state index contributed by atoms with van der Waals surface area (Å²) in [5.41, 5.74) is 1.29. The lowest BCUT2D eigenvalue weighted by Crippen LogP contribution is -1.72. The van der Waals surface area contributed by atoms with Crippen molar-refractivity contribution in [1.82, 2.24) is 5.16 Å². The molecule has 2 nitrogen and oxygen atoms in total. The molecule has 1 aromatic carbocycles. The largest absolute Gasteiger partial charge is 0.356 e. The van der Waals surface area contributed by atoms with Crippen LogP contribution in [0.4, 0.5) is 4.39 Å². The van der Waals surface area contributed by atoms with E-state index in [0.717, 1.165) is 11.1 Å². The first kappa shape index (κ1) is 6.34. The smallest absolute Gasteiger partial charge is 0.170 e. The van der Waals surface area contributed by atoms with E-state index in [1.165, 1.54) is 12.1 Å². The Hall–Kier alpha value is -1.38. The Bertz CT molecular complexity index is 394. The van der Waals surface area contributed by atoms with Gasteiger partial charge in [0.15, 0.2) is 5.58 Å². The van der Waals surface area contributed by atoms with Crippen LogP contribution in [-0.2, 0) is 0 Å². The molecule has 11 heavy (non-hydrogen) atoms. The summed E-state index contributed by atoms with van der Waals surface area (Å²) in [7, 11) is 0. The number of hydrogen-bond donors (Lipinski definition) is 0.